The molecule has 0 saturated heterocycles. The third-order valence-electron chi connectivity index (χ3n) is 4.05. The number of rotatable bonds is 3. The summed E-state index contributed by atoms with van der Waals surface area (Å²) in [5.74, 6) is 0.987. The number of hydrogen-bond acceptors (Lipinski definition) is 3. The molecule has 0 spiro atoms. The van der Waals surface area contributed by atoms with Crippen molar-refractivity contribution in [3.8, 4) is 5.75 Å². The van der Waals surface area contributed by atoms with E-state index in [1.54, 1.807) is 0 Å². The number of benzene rings is 1. The van der Waals surface area contributed by atoms with E-state index in [4.69, 9.17) is 9.47 Å². The SMILES string of the molecule is CC(Cn1ccc2ccc3c(c21)CCCO3)NC(=O)OC(C)(C)C. The number of ether oxygens (including phenoxy) is 2. The summed E-state index contributed by atoms with van der Waals surface area (Å²) in [6.45, 7) is 9.06. The summed E-state index contributed by atoms with van der Waals surface area (Å²) in [6.07, 6.45) is 3.78. The van der Waals surface area contributed by atoms with Crippen LogP contribution in [0, 0.1) is 0 Å². The van der Waals surface area contributed by atoms with E-state index in [9.17, 15) is 4.79 Å². The van der Waals surface area contributed by atoms with Crippen LogP contribution in [0.25, 0.3) is 10.9 Å². The van der Waals surface area contributed by atoms with Crippen LogP contribution in [0.4, 0.5) is 4.79 Å². The molecule has 1 unspecified atom stereocenters. The van der Waals surface area contributed by atoms with Gasteiger partial charge in [0.15, 0.2) is 0 Å². The Morgan fingerprint density at radius 1 is 1.38 bits per heavy atom. The molecule has 5 nitrogen and oxygen atoms in total. The van der Waals surface area contributed by atoms with Gasteiger partial charge in [-0.3, -0.25) is 0 Å². The fourth-order valence-corrected chi connectivity index (χ4v) is 3.16. The lowest BCUT2D eigenvalue weighted by Crippen LogP contribution is -2.39. The summed E-state index contributed by atoms with van der Waals surface area (Å²) in [4.78, 5) is 11.9. The van der Waals surface area contributed by atoms with E-state index < -0.39 is 5.60 Å². The quantitative estimate of drug-likeness (QED) is 0.929. The van der Waals surface area contributed by atoms with Gasteiger partial charge < -0.3 is 19.4 Å². The minimum atomic E-state index is -0.486. The molecule has 130 valence electrons. The van der Waals surface area contributed by atoms with Gasteiger partial charge in [-0.25, -0.2) is 4.79 Å². The fourth-order valence-electron chi connectivity index (χ4n) is 3.16. The number of nitrogens with zero attached hydrogens (tertiary/aromatic N) is 1. The molecular formula is C19H26N2O3. The van der Waals surface area contributed by atoms with Crippen LogP contribution in [-0.2, 0) is 17.7 Å². The Bertz CT molecular complexity index is 743. The number of carbonyl (C=O) groups excluding carboxylic acids is 1. The number of aromatic nitrogens is 1. The van der Waals surface area contributed by atoms with E-state index in [1.807, 2.05) is 27.7 Å². The molecule has 0 saturated carbocycles. The molecule has 0 bridgehead atoms. The molecule has 5 heteroatoms. The van der Waals surface area contributed by atoms with Crippen LogP contribution in [0.2, 0.25) is 0 Å². The van der Waals surface area contributed by atoms with Crippen molar-refractivity contribution in [1.82, 2.24) is 9.88 Å². The monoisotopic (exact) mass is 330 g/mol. The predicted octanol–water partition coefficient (Wildman–Crippen LogP) is 3.88. The van der Waals surface area contributed by atoms with Crippen molar-refractivity contribution in [3.05, 3.63) is 30.0 Å². The molecule has 1 aliphatic rings. The number of nitrogens with one attached hydrogen (secondary N) is 1. The molecule has 2 aromatic rings. The number of alkyl carbamates (subject to hydrolysis) is 1. The van der Waals surface area contributed by atoms with Crippen molar-refractivity contribution in [2.45, 2.75) is 58.7 Å². The van der Waals surface area contributed by atoms with Gasteiger partial charge in [-0.05, 0) is 58.7 Å². The zero-order valence-electron chi connectivity index (χ0n) is 14.9. The molecule has 3 rings (SSSR count). The number of aryl methyl sites for hydroxylation is 1. The number of fused-ring (bicyclic) bond motifs is 3. The van der Waals surface area contributed by atoms with Crippen LogP contribution in [-0.4, -0.2) is 28.9 Å². The molecule has 0 radical (unpaired) electrons. The maximum Gasteiger partial charge on any atom is 0.407 e. The van der Waals surface area contributed by atoms with Gasteiger partial charge >= 0.3 is 6.09 Å². The van der Waals surface area contributed by atoms with Crippen LogP contribution in [0.5, 0.6) is 5.75 Å². The largest absolute Gasteiger partial charge is 0.493 e. The van der Waals surface area contributed by atoms with Gasteiger partial charge in [0, 0.05) is 29.7 Å². The van der Waals surface area contributed by atoms with Crippen LogP contribution < -0.4 is 10.1 Å². The second-order valence-corrected chi connectivity index (χ2v) is 7.45. The standard InChI is InChI=1S/C19H26N2O3/c1-13(20-18(22)24-19(2,3)4)12-21-10-9-14-7-8-16-15(17(14)21)6-5-11-23-16/h7-10,13H,5-6,11-12H2,1-4H3,(H,20,22). The molecule has 1 aliphatic heterocycles. The predicted molar refractivity (Wildman–Crippen MR) is 94.6 cm³/mol. The highest BCUT2D eigenvalue weighted by Gasteiger charge is 2.20. The molecule has 2 heterocycles. The van der Waals surface area contributed by atoms with Crippen LogP contribution >= 0.6 is 0 Å². The number of amides is 1. The highest BCUT2D eigenvalue weighted by Crippen LogP contribution is 2.32. The highest BCUT2D eigenvalue weighted by molar-refractivity contribution is 5.86. The Morgan fingerprint density at radius 2 is 2.17 bits per heavy atom. The number of carbonyl (C=O) groups is 1. The summed E-state index contributed by atoms with van der Waals surface area (Å²) < 4.78 is 13.3. The lowest BCUT2D eigenvalue weighted by Gasteiger charge is -2.23. The van der Waals surface area contributed by atoms with Gasteiger partial charge in [-0.1, -0.05) is 0 Å². The van der Waals surface area contributed by atoms with Crippen molar-refractivity contribution in [2.75, 3.05) is 6.61 Å². The van der Waals surface area contributed by atoms with E-state index in [1.165, 1.54) is 16.5 Å². The molecule has 1 amide bonds. The Labute approximate surface area is 142 Å². The molecule has 0 fully saturated rings. The van der Waals surface area contributed by atoms with E-state index in [0.29, 0.717) is 6.54 Å². The van der Waals surface area contributed by atoms with Crippen molar-refractivity contribution in [3.63, 3.8) is 0 Å². The minimum absolute atomic E-state index is 0.0317. The van der Waals surface area contributed by atoms with Crippen molar-refractivity contribution in [2.24, 2.45) is 0 Å². The van der Waals surface area contributed by atoms with Crippen LogP contribution in [0.15, 0.2) is 24.4 Å². The van der Waals surface area contributed by atoms with Gasteiger partial charge in [0.1, 0.15) is 11.4 Å². The molecule has 1 atom stereocenters. The van der Waals surface area contributed by atoms with Gasteiger partial charge in [-0.2, -0.15) is 0 Å². The second kappa shape index (κ2) is 6.38. The molecule has 1 aromatic heterocycles. The van der Waals surface area contributed by atoms with Crippen molar-refractivity contribution < 1.29 is 14.3 Å². The highest BCUT2D eigenvalue weighted by atomic mass is 16.6. The summed E-state index contributed by atoms with van der Waals surface area (Å²) in [5.41, 5.74) is 2.00. The van der Waals surface area contributed by atoms with Crippen molar-refractivity contribution >= 4 is 17.0 Å². The lowest BCUT2D eigenvalue weighted by molar-refractivity contribution is 0.0504. The van der Waals surface area contributed by atoms with E-state index in [-0.39, 0.29) is 12.1 Å². The Balaban J connectivity index is 1.77. The molecule has 1 aromatic carbocycles. The summed E-state index contributed by atoms with van der Waals surface area (Å²) >= 11 is 0. The fraction of sp³-hybridized carbons (Fsp3) is 0.526. The molecule has 0 aliphatic carbocycles. The Kier molecular flexibility index (Phi) is 4.43. The van der Waals surface area contributed by atoms with Gasteiger partial charge in [-0.15, -0.1) is 0 Å². The van der Waals surface area contributed by atoms with E-state index in [2.05, 4.69) is 34.3 Å². The average Bonchev–Trinajstić information content (AvgIpc) is 2.88. The Morgan fingerprint density at radius 3 is 2.92 bits per heavy atom. The van der Waals surface area contributed by atoms with E-state index >= 15 is 0 Å². The first-order valence-electron chi connectivity index (χ1n) is 8.56. The molecule has 1 N–H and O–H groups in total. The van der Waals surface area contributed by atoms with Gasteiger partial charge in [0.25, 0.3) is 0 Å². The lowest BCUT2D eigenvalue weighted by atomic mass is 10.0. The minimum Gasteiger partial charge on any atom is -0.493 e. The average molecular weight is 330 g/mol. The zero-order valence-corrected chi connectivity index (χ0v) is 14.9. The summed E-state index contributed by atoms with van der Waals surface area (Å²) in [7, 11) is 0. The maximum atomic E-state index is 11.9. The normalized spacial score (nSPS) is 15.5. The first kappa shape index (κ1) is 16.7. The topological polar surface area (TPSA) is 52.5 Å². The van der Waals surface area contributed by atoms with Crippen LogP contribution in [0.1, 0.15) is 39.7 Å². The first-order valence-corrected chi connectivity index (χ1v) is 8.56. The smallest absolute Gasteiger partial charge is 0.407 e. The number of hydrogen-bond donors (Lipinski definition) is 1. The summed E-state index contributed by atoms with van der Waals surface area (Å²) in [6, 6.07) is 6.24. The van der Waals surface area contributed by atoms with Gasteiger partial charge in [0.05, 0.1) is 12.1 Å². The third-order valence-corrected chi connectivity index (χ3v) is 4.05. The van der Waals surface area contributed by atoms with Gasteiger partial charge in [0.2, 0.25) is 0 Å². The van der Waals surface area contributed by atoms with Crippen LogP contribution in [0.3, 0.4) is 0 Å². The first-order chi connectivity index (χ1) is 11.3. The Hall–Kier alpha value is -2.17. The zero-order chi connectivity index (χ0) is 17.3. The third kappa shape index (κ3) is 3.66. The van der Waals surface area contributed by atoms with Crippen molar-refractivity contribution in [1.29, 1.82) is 0 Å². The second-order valence-electron chi connectivity index (χ2n) is 7.45. The maximum absolute atomic E-state index is 11.9. The molecular weight excluding hydrogens is 304 g/mol. The molecule has 24 heavy (non-hydrogen) atoms. The summed E-state index contributed by atoms with van der Waals surface area (Å²) in [5, 5.41) is 4.12. The van der Waals surface area contributed by atoms with E-state index in [0.717, 1.165) is 25.2 Å².